The number of hydrogen-bond donors (Lipinski definition) is 2. The van der Waals surface area contributed by atoms with Crippen LogP contribution in [0.4, 0.5) is 4.39 Å². The van der Waals surface area contributed by atoms with Gasteiger partial charge in [-0.1, -0.05) is 36.4 Å². The lowest BCUT2D eigenvalue weighted by Crippen LogP contribution is -2.21. The van der Waals surface area contributed by atoms with E-state index in [1.807, 2.05) is 34.9 Å². The summed E-state index contributed by atoms with van der Waals surface area (Å²) in [7, 11) is 1.57. The Kier molecular flexibility index (Phi) is 5.18. The molecule has 0 amide bonds. The molecular formula is C21H23FN4O. The number of aromatic nitrogens is 2. The third-order valence-corrected chi connectivity index (χ3v) is 5.00. The molecule has 6 heteroatoms. The van der Waals surface area contributed by atoms with Crippen LogP contribution in [0.2, 0.25) is 0 Å². The molecule has 2 aromatic carbocycles. The van der Waals surface area contributed by atoms with Crippen molar-refractivity contribution in [3.63, 3.8) is 0 Å². The second kappa shape index (κ2) is 7.90. The van der Waals surface area contributed by atoms with Crippen LogP contribution in [0.25, 0.3) is 22.5 Å². The number of imidazole rings is 1. The Balaban J connectivity index is 1.80. The van der Waals surface area contributed by atoms with Gasteiger partial charge in [-0.3, -0.25) is 10.9 Å². The van der Waals surface area contributed by atoms with Gasteiger partial charge in [-0.25, -0.2) is 9.37 Å². The maximum Gasteiger partial charge on any atom is 0.136 e. The SMILES string of the molecule is COc1cccc(F)c1-c1c(-c2ccccc2)ncn1CCC1CNNC1. The van der Waals surface area contributed by atoms with Crippen molar-refractivity contribution < 1.29 is 9.13 Å². The molecule has 27 heavy (non-hydrogen) atoms. The molecule has 5 nitrogen and oxygen atoms in total. The van der Waals surface area contributed by atoms with Crippen LogP contribution in [0.1, 0.15) is 6.42 Å². The molecule has 3 aromatic rings. The molecule has 1 aromatic heterocycles. The molecule has 140 valence electrons. The zero-order valence-electron chi connectivity index (χ0n) is 15.3. The molecule has 0 saturated carbocycles. The van der Waals surface area contributed by atoms with Gasteiger partial charge in [0.25, 0.3) is 0 Å². The van der Waals surface area contributed by atoms with Gasteiger partial charge in [0.05, 0.1) is 30.4 Å². The number of aryl methyl sites for hydroxylation is 1. The van der Waals surface area contributed by atoms with Crippen molar-refractivity contribution in [1.82, 2.24) is 20.4 Å². The highest BCUT2D eigenvalue weighted by Gasteiger charge is 2.23. The molecular weight excluding hydrogens is 343 g/mol. The van der Waals surface area contributed by atoms with E-state index in [2.05, 4.69) is 15.8 Å². The second-order valence-corrected chi connectivity index (χ2v) is 6.73. The summed E-state index contributed by atoms with van der Waals surface area (Å²) in [4.78, 5) is 4.63. The average molecular weight is 366 g/mol. The predicted molar refractivity (Wildman–Crippen MR) is 104 cm³/mol. The second-order valence-electron chi connectivity index (χ2n) is 6.73. The summed E-state index contributed by atoms with van der Waals surface area (Å²) in [5.74, 6) is 0.749. The molecule has 0 unspecified atom stereocenters. The normalized spacial score (nSPS) is 14.6. The lowest BCUT2D eigenvalue weighted by molar-refractivity contribution is 0.412. The van der Waals surface area contributed by atoms with E-state index in [4.69, 9.17) is 4.74 Å². The van der Waals surface area contributed by atoms with Gasteiger partial charge in [0.1, 0.15) is 11.6 Å². The summed E-state index contributed by atoms with van der Waals surface area (Å²) in [6.07, 6.45) is 2.79. The first-order chi connectivity index (χ1) is 13.3. The van der Waals surface area contributed by atoms with Gasteiger partial charge >= 0.3 is 0 Å². The fourth-order valence-electron chi connectivity index (χ4n) is 3.56. The van der Waals surface area contributed by atoms with Crippen LogP contribution >= 0.6 is 0 Å². The Labute approximate surface area is 158 Å². The quantitative estimate of drug-likeness (QED) is 0.701. The van der Waals surface area contributed by atoms with Crippen LogP contribution in [-0.2, 0) is 6.54 Å². The third-order valence-electron chi connectivity index (χ3n) is 5.00. The number of halogens is 1. The van der Waals surface area contributed by atoms with Crippen molar-refractivity contribution in [3.8, 4) is 28.3 Å². The van der Waals surface area contributed by atoms with Gasteiger partial charge in [-0.2, -0.15) is 0 Å². The Morgan fingerprint density at radius 3 is 2.63 bits per heavy atom. The molecule has 1 fully saturated rings. The number of rotatable bonds is 6. The molecule has 0 atom stereocenters. The first-order valence-corrected chi connectivity index (χ1v) is 9.17. The van der Waals surface area contributed by atoms with E-state index in [1.54, 1.807) is 25.6 Å². The first kappa shape index (κ1) is 17.7. The Bertz CT molecular complexity index is 904. The number of ether oxygens (including phenoxy) is 1. The molecule has 0 bridgehead atoms. The van der Waals surface area contributed by atoms with Crippen LogP contribution in [-0.4, -0.2) is 29.8 Å². The summed E-state index contributed by atoms with van der Waals surface area (Å²) >= 11 is 0. The minimum absolute atomic E-state index is 0.308. The number of hydrazine groups is 1. The van der Waals surface area contributed by atoms with E-state index in [1.165, 1.54) is 6.07 Å². The molecule has 4 rings (SSSR count). The number of nitrogens with one attached hydrogen (secondary N) is 2. The highest BCUT2D eigenvalue weighted by Crippen LogP contribution is 2.38. The molecule has 2 N–H and O–H groups in total. The molecule has 1 saturated heterocycles. The minimum Gasteiger partial charge on any atom is -0.496 e. The van der Waals surface area contributed by atoms with Crippen molar-refractivity contribution in [2.45, 2.75) is 13.0 Å². The van der Waals surface area contributed by atoms with Crippen molar-refractivity contribution in [2.24, 2.45) is 5.92 Å². The molecule has 0 aliphatic carbocycles. The van der Waals surface area contributed by atoms with Gasteiger partial charge in [0, 0.05) is 25.2 Å². The summed E-state index contributed by atoms with van der Waals surface area (Å²) < 4.78 is 22.4. The van der Waals surface area contributed by atoms with Gasteiger partial charge in [0.2, 0.25) is 0 Å². The first-order valence-electron chi connectivity index (χ1n) is 9.17. The Morgan fingerprint density at radius 1 is 1.11 bits per heavy atom. The lowest BCUT2D eigenvalue weighted by atomic mass is 10.0. The van der Waals surface area contributed by atoms with E-state index in [9.17, 15) is 4.39 Å². The number of methoxy groups -OCH3 is 1. The van der Waals surface area contributed by atoms with Crippen LogP contribution in [0.5, 0.6) is 5.75 Å². The molecule has 1 aliphatic heterocycles. The summed E-state index contributed by atoms with van der Waals surface area (Å²) in [6, 6.07) is 14.8. The largest absolute Gasteiger partial charge is 0.496 e. The van der Waals surface area contributed by atoms with Crippen LogP contribution in [0.3, 0.4) is 0 Å². The summed E-state index contributed by atoms with van der Waals surface area (Å²) in [5.41, 5.74) is 9.26. The monoisotopic (exact) mass is 366 g/mol. The van der Waals surface area contributed by atoms with Crippen LogP contribution in [0.15, 0.2) is 54.9 Å². The fourth-order valence-corrected chi connectivity index (χ4v) is 3.56. The van der Waals surface area contributed by atoms with Gasteiger partial charge in [0.15, 0.2) is 0 Å². The molecule has 2 heterocycles. The lowest BCUT2D eigenvalue weighted by Gasteiger charge is -2.15. The van der Waals surface area contributed by atoms with Gasteiger partial charge in [-0.15, -0.1) is 0 Å². The average Bonchev–Trinajstić information content (AvgIpc) is 3.36. The molecule has 0 spiro atoms. The maximum absolute atomic E-state index is 14.9. The number of nitrogens with zero attached hydrogens (tertiary/aromatic N) is 2. The Morgan fingerprint density at radius 2 is 1.89 bits per heavy atom. The van der Waals surface area contributed by atoms with E-state index in [0.29, 0.717) is 17.2 Å². The van der Waals surface area contributed by atoms with Crippen molar-refractivity contribution in [2.75, 3.05) is 20.2 Å². The van der Waals surface area contributed by atoms with Crippen molar-refractivity contribution in [1.29, 1.82) is 0 Å². The van der Waals surface area contributed by atoms with Gasteiger partial charge < -0.3 is 9.30 Å². The number of hydrogen-bond acceptors (Lipinski definition) is 4. The smallest absolute Gasteiger partial charge is 0.136 e. The number of benzene rings is 2. The van der Waals surface area contributed by atoms with E-state index in [0.717, 1.165) is 43.0 Å². The topological polar surface area (TPSA) is 51.1 Å². The third kappa shape index (κ3) is 3.59. The Hall–Kier alpha value is -2.70. The molecule has 1 aliphatic rings. The maximum atomic E-state index is 14.9. The zero-order valence-corrected chi connectivity index (χ0v) is 15.3. The zero-order chi connectivity index (χ0) is 18.6. The highest BCUT2D eigenvalue weighted by atomic mass is 19.1. The van der Waals surface area contributed by atoms with E-state index >= 15 is 0 Å². The summed E-state index contributed by atoms with van der Waals surface area (Å²) in [5, 5.41) is 0. The van der Waals surface area contributed by atoms with Crippen LogP contribution in [0, 0.1) is 11.7 Å². The van der Waals surface area contributed by atoms with Crippen LogP contribution < -0.4 is 15.6 Å². The van der Waals surface area contributed by atoms with Gasteiger partial charge in [-0.05, 0) is 24.5 Å². The standard InChI is InChI=1S/C21H23FN4O/c1-27-18-9-5-8-17(22)19(18)21-20(16-6-3-2-4-7-16)23-14-26(21)11-10-15-12-24-25-13-15/h2-9,14-15,24-25H,10-13H2,1H3. The van der Waals surface area contributed by atoms with Crippen molar-refractivity contribution >= 4 is 0 Å². The summed E-state index contributed by atoms with van der Waals surface area (Å²) in [6.45, 7) is 2.65. The fraction of sp³-hybridized carbons (Fsp3) is 0.286. The minimum atomic E-state index is -0.308. The highest BCUT2D eigenvalue weighted by molar-refractivity contribution is 5.82. The van der Waals surface area contributed by atoms with E-state index < -0.39 is 0 Å². The predicted octanol–water partition coefficient (Wildman–Crippen LogP) is 3.48. The molecule has 0 radical (unpaired) electrons. The van der Waals surface area contributed by atoms with E-state index in [-0.39, 0.29) is 5.82 Å². The van der Waals surface area contributed by atoms with Crippen molar-refractivity contribution in [3.05, 3.63) is 60.7 Å².